The average molecular weight is 658 g/mol. The molecule has 1 saturated heterocycles. The number of aliphatic imine (C=N–C) groups is 1. The topological polar surface area (TPSA) is 149 Å². The predicted octanol–water partition coefficient (Wildman–Crippen LogP) is 3.99. The Hall–Kier alpha value is -5.38. The molecule has 0 saturated carbocycles. The van der Waals surface area contributed by atoms with E-state index in [1.807, 2.05) is 6.07 Å². The number of ether oxygens (including phenoxy) is 3. The monoisotopic (exact) mass is 657 g/mol. The lowest BCUT2D eigenvalue weighted by atomic mass is 9.99. The summed E-state index contributed by atoms with van der Waals surface area (Å²) >= 11 is 0. The van der Waals surface area contributed by atoms with Gasteiger partial charge in [0.05, 0.1) is 36.9 Å². The summed E-state index contributed by atoms with van der Waals surface area (Å²) in [5.74, 6) is -2.32. The van der Waals surface area contributed by atoms with Crippen molar-refractivity contribution in [2.75, 3.05) is 50.2 Å². The highest BCUT2D eigenvalue weighted by Gasteiger charge is 2.33. The van der Waals surface area contributed by atoms with Crippen LogP contribution in [0.4, 0.5) is 28.9 Å². The van der Waals surface area contributed by atoms with Gasteiger partial charge in [-0.3, -0.25) is 19.3 Å². The van der Waals surface area contributed by atoms with E-state index in [-0.39, 0.29) is 39.5 Å². The van der Waals surface area contributed by atoms with E-state index >= 15 is 4.39 Å². The van der Waals surface area contributed by atoms with E-state index < -0.39 is 42.3 Å². The van der Waals surface area contributed by atoms with E-state index in [4.69, 9.17) is 25.4 Å². The number of methoxy groups -OCH3 is 1. The SMILES string of the molecule is COc1cc(-c2cc(C(F)(F)F)cc3c2n(C)c(=O)n3CC(=O)Nc2cccc(N3CCOCC3)c2)cc(F)c1OCC(N)=NC=N. The Morgan fingerprint density at radius 3 is 2.60 bits per heavy atom. The molecule has 1 amide bonds. The first-order chi connectivity index (χ1) is 22.4. The number of imidazole rings is 1. The van der Waals surface area contributed by atoms with Crippen LogP contribution in [0, 0.1) is 11.2 Å². The van der Waals surface area contributed by atoms with Crippen LogP contribution in [0.3, 0.4) is 0 Å². The highest BCUT2D eigenvalue weighted by molar-refractivity contribution is 5.96. The number of hydrogen-bond acceptors (Lipinski definition) is 7. The number of halogens is 4. The van der Waals surface area contributed by atoms with Gasteiger partial charge in [0.2, 0.25) is 5.91 Å². The van der Waals surface area contributed by atoms with Crippen molar-refractivity contribution in [3.05, 3.63) is 70.4 Å². The number of anilines is 2. The van der Waals surface area contributed by atoms with Crippen molar-refractivity contribution in [2.45, 2.75) is 12.7 Å². The van der Waals surface area contributed by atoms with Gasteiger partial charge in [-0.1, -0.05) is 6.07 Å². The molecule has 248 valence electrons. The maximum Gasteiger partial charge on any atom is 0.416 e. The van der Waals surface area contributed by atoms with E-state index in [9.17, 15) is 22.8 Å². The maximum atomic E-state index is 15.4. The number of rotatable bonds is 10. The van der Waals surface area contributed by atoms with Gasteiger partial charge >= 0.3 is 11.9 Å². The average Bonchev–Trinajstić information content (AvgIpc) is 3.28. The normalized spacial score (nSPS) is 13.9. The highest BCUT2D eigenvalue weighted by Crippen LogP contribution is 2.41. The van der Waals surface area contributed by atoms with Gasteiger partial charge in [-0.25, -0.2) is 14.2 Å². The Morgan fingerprint density at radius 1 is 1.17 bits per heavy atom. The molecular formula is C31H31F4N7O5. The molecule has 0 aliphatic carbocycles. The molecule has 47 heavy (non-hydrogen) atoms. The summed E-state index contributed by atoms with van der Waals surface area (Å²) in [6.45, 7) is 1.49. The van der Waals surface area contributed by atoms with E-state index in [0.29, 0.717) is 38.3 Å². The Balaban J connectivity index is 1.54. The summed E-state index contributed by atoms with van der Waals surface area (Å²) in [4.78, 5) is 32.2. The largest absolute Gasteiger partial charge is 0.493 e. The van der Waals surface area contributed by atoms with Crippen LogP contribution in [0.15, 0.2) is 58.3 Å². The van der Waals surface area contributed by atoms with Crippen molar-refractivity contribution in [1.82, 2.24) is 9.13 Å². The number of aromatic nitrogens is 2. The molecule has 12 nitrogen and oxygen atoms in total. The minimum Gasteiger partial charge on any atom is -0.493 e. The number of aryl methyl sites for hydroxylation is 1. The van der Waals surface area contributed by atoms with E-state index in [0.717, 1.165) is 33.0 Å². The van der Waals surface area contributed by atoms with Crippen LogP contribution in [0.25, 0.3) is 22.2 Å². The standard InChI is InChI=1S/C31H31F4N7O5/c1-40-28-22(18-10-23(32)29(25(11-18)45-2)47-16-26(37)38-17-36)12-19(31(33,34)35)13-24(28)42(30(40)44)15-27(43)39-20-4-3-5-21(14-20)41-6-8-46-9-7-41/h3-5,10-14,17H,6-9,15-16H2,1-2H3,(H,39,43)(H3,36,37,38). The number of fused-ring (bicyclic) bond motifs is 1. The van der Waals surface area contributed by atoms with Crippen LogP contribution >= 0.6 is 0 Å². The quantitative estimate of drug-likeness (QED) is 0.133. The number of morpholine rings is 1. The Morgan fingerprint density at radius 2 is 1.91 bits per heavy atom. The number of nitrogens with one attached hydrogen (secondary N) is 2. The number of carbonyl (C=O) groups is 1. The minimum absolute atomic E-state index is 0.0302. The molecule has 0 atom stereocenters. The highest BCUT2D eigenvalue weighted by atomic mass is 19.4. The molecule has 0 unspecified atom stereocenters. The summed E-state index contributed by atoms with van der Waals surface area (Å²) < 4.78 is 75.9. The second kappa shape index (κ2) is 13.5. The fourth-order valence-corrected chi connectivity index (χ4v) is 5.32. The number of carbonyl (C=O) groups excluding carboxylic acids is 1. The zero-order valence-corrected chi connectivity index (χ0v) is 25.4. The van der Waals surface area contributed by atoms with Crippen LogP contribution < -0.4 is 31.1 Å². The summed E-state index contributed by atoms with van der Waals surface area (Å²) in [6, 6.07) is 10.8. The molecule has 5 rings (SSSR count). The number of nitrogens with two attached hydrogens (primary N) is 1. The molecule has 1 aliphatic rings. The van der Waals surface area contributed by atoms with Gasteiger partial charge in [0.25, 0.3) is 0 Å². The molecule has 1 fully saturated rings. The first kappa shape index (κ1) is 33.0. The molecule has 0 bridgehead atoms. The third kappa shape index (κ3) is 7.06. The smallest absolute Gasteiger partial charge is 0.416 e. The number of hydrogen-bond donors (Lipinski definition) is 3. The summed E-state index contributed by atoms with van der Waals surface area (Å²) in [5, 5.41) is 9.69. The molecule has 0 radical (unpaired) electrons. The van der Waals surface area contributed by atoms with Crippen molar-refractivity contribution < 1.29 is 36.6 Å². The summed E-state index contributed by atoms with van der Waals surface area (Å²) in [6.07, 6.45) is -4.17. The van der Waals surface area contributed by atoms with Crippen LogP contribution in [0.2, 0.25) is 0 Å². The van der Waals surface area contributed by atoms with Gasteiger partial charge in [-0.15, -0.1) is 0 Å². The molecular weight excluding hydrogens is 626 g/mol. The van der Waals surface area contributed by atoms with Crippen molar-refractivity contribution in [1.29, 1.82) is 5.41 Å². The number of alkyl halides is 3. The molecule has 0 spiro atoms. The van der Waals surface area contributed by atoms with E-state index in [2.05, 4.69) is 15.2 Å². The van der Waals surface area contributed by atoms with E-state index in [1.54, 1.807) is 18.2 Å². The van der Waals surface area contributed by atoms with Gasteiger partial charge in [-0.2, -0.15) is 13.2 Å². The van der Waals surface area contributed by atoms with Crippen LogP contribution in [-0.2, 0) is 29.3 Å². The lowest BCUT2D eigenvalue weighted by Gasteiger charge is -2.29. The van der Waals surface area contributed by atoms with Gasteiger partial charge < -0.3 is 30.2 Å². The molecule has 1 aromatic heterocycles. The van der Waals surface area contributed by atoms with Crippen LogP contribution in [0.1, 0.15) is 5.56 Å². The van der Waals surface area contributed by atoms with Gasteiger partial charge in [0, 0.05) is 37.1 Å². The van der Waals surface area contributed by atoms with Crippen molar-refractivity contribution in [3.63, 3.8) is 0 Å². The van der Waals surface area contributed by atoms with Crippen molar-refractivity contribution in [2.24, 2.45) is 17.8 Å². The van der Waals surface area contributed by atoms with Gasteiger partial charge in [0.15, 0.2) is 17.3 Å². The number of nitrogens with zero attached hydrogens (tertiary/aromatic N) is 4. The fourth-order valence-electron chi connectivity index (χ4n) is 5.32. The molecule has 4 N–H and O–H groups in total. The lowest BCUT2D eigenvalue weighted by Crippen LogP contribution is -2.36. The van der Waals surface area contributed by atoms with Crippen molar-refractivity contribution in [3.8, 4) is 22.6 Å². The zero-order chi connectivity index (χ0) is 33.9. The molecule has 4 aromatic rings. The summed E-state index contributed by atoms with van der Waals surface area (Å²) in [7, 11) is 2.56. The first-order valence-corrected chi connectivity index (χ1v) is 14.3. The molecule has 2 heterocycles. The van der Waals surface area contributed by atoms with Crippen LogP contribution in [-0.4, -0.2) is 67.2 Å². The Bertz CT molecular complexity index is 1910. The molecule has 3 aromatic carbocycles. The maximum absolute atomic E-state index is 15.4. The lowest BCUT2D eigenvalue weighted by molar-refractivity contribution is -0.137. The third-order valence-corrected chi connectivity index (χ3v) is 7.50. The minimum atomic E-state index is -4.85. The van der Waals surface area contributed by atoms with E-state index in [1.165, 1.54) is 20.2 Å². The second-order valence-electron chi connectivity index (χ2n) is 10.5. The number of amides is 1. The number of benzene rings is 3. The Labute approximate surface area is 265 Å². The molecule has 16 heteroatoms. The van der Waals surface area contributed by atoms with Gasteiger partial charge in [0.1, 0.15) is 25.3 Å². The number of amidine groups is 1. The van der Waals surface area contributed by atoms with Crippen LogP contribution in [0.5, 0.6) is 11.5 Å². The Kier molecular flexibility index (Phi) is 9.51. The van der Waals surface area contributed by atoms with Gasteiger partial charge in [-0.05, 0) is 48.0 Å². The fraction of sp³-hybridized carbons (Fsp3) is 0.290. The third-order valence-electron chi connectivity index (χ3n) is 7.50. The molecule has 1 aliphatic heterocycles. The predicted molar refractivity (Wildman–Crippen MR) is 168 cm³/mol. The van der Waals surface area contributed by atoms with Crippen molar-refractivity contribution >= 4 is 40.5 Å². The summed E-state index contributed by atoms with van der Waals surface area (Å²) in [5.41, 5.74) is 4.67. The zero-order valence-electron chi connectivity index (χ0n) is 25.4. The second-order valence-corrected chi connectivity index (χ2v) is 10.5. The first-order valence-electron chi connectivity index (χ1n) is 14.3.